The van der Waals surface area contributed by atoms with Crippen LogP contribution < -0.4 is 0 Å². The van der Waals surface area contributed by atoms with E-state index >= 15 is 0 Å². The highest BCUT2D eigenvalue weighted by Crippen LogP contribution is 2.21. The Bertz CT molecular complexity index is 1060. The van der Waals surface area contributed by atoms with E-state index in [0.29, 0.717) is 25.1 Å². The number of carboxylic acids is 2. The SMILES string of the molecule is O=C(O)/C=C/C(=O)O.O=C1Cc2ccccc2C(c2ccccc2)=NN1CCCN1CCOCC1. The van der Waals surface area contributed by atoms with Gasteiger partial charge in [-0.15, -0.1) is 0 Å². The average molecular weight is 480 g/mol. The number of amides is 1. The van der Waals surface area contributed by atoms with Crippen molar-refractivity contribution in [2.45, 2.75) is 12.8 Å². The van der Waals surface area contributed by atoms with Crippen LogP contribution in [0.5, 0.6) is 0 Å². The molecule has 2 N–H and O–H groups in total. The van der Waals surface area contributed by atoms with Crippen molar-refractivity contribution >= 4 is 23.6 Å². The minimum atomic E-state index is -1.26. The van der Waals surface area contributed by atoms with Crippen molar-refractivity contribution in [3.8, 4) is 0 Å². The lowest BCUT2D eigenvalue weighted by Crippen LogP contribution is -2.38. The quantitative estimate of drug-likeness (QED) is 0.585. The van der Waals surface area contributed by atoms with Gasteiger partial charge in [-0.3, -0.25) is 9.69 Å². The van der Waals surface area contributed by atoms with Gasteiger partial charge in [0.25, 0.3) is 0 Å². The third-order valence-electron chi connectivity index (χ3n) is 5.49. The van der Waals surface area contributed by atoms with E-state index < -0.39 is 11.9 Å². The van der Waals surface area contributed by atoms with Crippen LogP contribution in [0.2, 0.25) is 0 Å². The van der Waals surface area contributed by atoms with Gasteiger partial charge in [0.2, 0.25) is 5.91 Å². The molecule has 1 amide bonds. The fourth-order valence-electron chi connectivity index (χ4n) is 3.79. The monoisotopic (exact) mass is 479 g/mol. The van der Waals surface area contributed by atoms with Crippen molar-refractivity contribution in [3.05, 3.63) is 83.4 Å². The highest BCUT2D eigenvalue weighted by atomic mass is 16.5. The minimum absolute atomic E-state index is 0.0651. The summed E-state index contributed by atoms with van der Waals surface area (Å²) < 4.78 is 5.40. The average Bonchev–Trinajstić information content (AvgIpc) is 3.00. The normalized spacial score (nSPS) is 16.1. The number of hydrogen-bond donors (Lipinski definition) is 2. The Morgan fingerprint density at radius 1 is 0.914 bits per heavy atom. The van der Waals surface area contributed by atoms with Gasteiger partial charge in [0.15, 0.2) is 0 Å². The first-order chi connectivity index (χ1) is 16.9. The second kappa shape index (κ2) is 13.2. The molecule has 2 aliphatic rings. The van der Waals surface area contributed by atoms with Gasteiger partial charge in [-0.25, -0.2) is 14.6 Å². The number of nitrogens with zero attached hydrogens (tertiary/aromatic N) is 3. The number of carbonyl (C=O) groups is 3. The summed E-state index contributed by atoms with van der Waals surface area (Å²) in [6.45, 7) is 5.15. The summed E-state index contributed by atoms with van der Waals surface area (Å²) in [5, 5.41) is 22.1. The first-order valence-electron chi connectivity index (χ1n) is 11.4. The Hall–Kier alpha value is -3.82. The number of carbonyl (C=O) groups excluding carboxylic acids is 1. The topological polar surface area (TPSA) is 120 Å². The van der Waals surface area contributed by atoms with Gasteiger partial charge in [0, 0.05) is 49.5 Å². The van der Waals surface area contributed by atoms with Crippen LogP contribution in [0.25, 0.3) is 0 Å². The predicted octanol–water partition coefficient (Wildman–Crippen LogP) is 2.26. The Morgan fingerprint density at radius 3 is 2.20 bits per heavy atom. The summed E-state index contributed by atoms with van der Waals surface area (Å²) in [5.74, 6) is -2.45. The number of ether oxygens (including phenoxy) is 1. The molecule has 2 heterocycles. The van der Waals surface area contributed by atoms with Crippen LogP contribution in [0.1, 0.15) is 23.1 Å². The Balaban J connectivity index is 0.000000371. The van der Waals surface area contributed by atoms with E-state index in [1.807, 2.05) is 36.4 Å². The highest BCUT2D eigenvalue weighted by Gasteiger charge is 2.23. The van der Waals surface area contributed by atoms with E-state index in [0.717, 1.165) is 61.7 Å². The molecule has 4 rings (SSSR count). The van der Waals surface area contributed by atoms with Gasteiger partial charge >= 0.3 is 11.9 Å². The van der Waals surface area contributed by atoms with Gasteiger partial charge in [0.1, 0.15) is 0 Å². The molecule has 2 aromatic rings. The van der Waals surface area contributed by atoms with Crippen molar-refractivity contribution < 1.29 is 29.3 Å². The van der Waals surface area contributed by atoms with Crippen LogP contribution in [-0.4, -0.2) is 83.1 Å². The maximum Gasteiger partial charge on any atom is 0.328 e. The Labute approximate surface area is 203 Å². The van der Waals surface area contributed by atoms with E-state index in [1.165, 1.54) is 0 Å². The Morgan fingerprint density at radius 2 is 1.54 bits per heavy atom. The maximum absolute atomic E-state index is 12.8. The number of hydrogen-bond acceptors (Lipinski definition) is 6. The van der Waals surface area contributed by atoms with Crippen LogP contribution in [0.15, 0.2) is 71.9 Å². The van der Waals surface area contributed by atoms with Gasteiger partial charge in [-0.05, 0) is 12.0 Å². The van der Waals surface area contributed by atoms with Crippen molar-refractivity contribution in [2.75, 3.05) is 39.4 Å². The van der Waals surface area contributed by atoms with Crippen LogP contribution in [0.4, 0.5) is 0 Å². The largest absolute Gasteiger partial charge is 0.478 e. The lowest BCUT2D eigenvalue weighted by atomic mass is 9.96. The molecule has 9 nitrogen and oxygen atoms in total. The van der Waals surface area contributed by atoms with Gasteiger partial charge < -0.3 is 14.9 Å². The molecular weight excluding hydrogens is 450 g/mol. The zero-order valence-corrected chi connectivity index (χ0v) is 19.4. The molecule has 2 aromatic carbocycles. The van der Waals surface area contributed by atoms with Crippen LogP contribution in [0, 0.1) is 0 Å². The molecule has 0 saturated carbocycles. The van der Waals surface area contributed by atoms with Crippen LogP contribution in [0.3, 0.4) is 0 Å². The second-order valence-electron chi connectivity index (χ2n) is 7.98. The number of fused-ring (bicyclic) bond motifs is 1. The predicted molar refractivity (Wildman–Crippen MR) is 130 cm³/mol. The van der Waals surface area contributed by atoms with E-state index in [-0.39, 0.29) is 5.91 Å². The zero-order chi connectivity index (χ0) is 25.0. The van der Waals surface area contributed by atoms with E-state index in [2.05, 4.69) is 23.1 Å². The molecule has 1 fully saturated rings. The Kier molecular flexibility index (Phi) is 9.70. The van der Waals surface area contributed by atoms with E-state index in [1.54, 1.807) is 5.01 Å². The minimum Gasteiger partial charge on any atom is -0.478 e. The molecule has 0 aliphatic carbocycles. The van der Waals surface area contributed by atoms with Crippen LogP contribution in [-0.2, 0) is 25.5 Å². The first kappa shape index (κ1) is 25.8. The van der Waals surface area contributed by atoms with Crippen molar-refractivity contribution in [1.82, 2.24) is 9.91 Å². The zero-order valence-electron chi connectivity index (χ0n) is 19.4. The molecular formula is C26H29N3O6. The van der Waals surface area contributed by atoms with Gasteiger partial charge in [-0.1, -0.05) is 54.6 Å². The van der Waals surface area contributed by atoms with E-state index in [9.17, 15) is 14.4 Å². The molecule has 0 bridgehead atoms. The third kappa shape index (κ3) is 8.16. The van der Waals surface area contributed by atoms with Crippen molar-refractivity contribution in [1.29, 1.82) is 0 Å². The van der Waals surface area contributed by atoms with Gasteiger partial charge in [-0.2, -0.15) is 5.10 Å². The lowest BCUT2D eigenvalue weighted by molar-refractivity contribution is -0.134. The molecule has 9 heteroatoms. The number of rotatable bonds is 7. The molecule has 0 aromatic heterocycles. The summed E-state index contributed by atoms with van der Waals surface area (Å²) in [6, 6.07) is 18.2. The number of benzene rings is 2. The van der Waals surface area contributed by atoms with E-state index in [4.69, 9.17) is 20.1 Å². The molecule has 0 radical (unpaired) electrons. The molecule has 1 saturated heterocycles. The summed E-state index contributed by atoms with van der Waals surface area (Å²) in [7, 11) is 0. The standard InChI is InChI=1S/C22H25N3O2.C4H4O4/c26-21-17-19-9-4-5-10-20(19)22(18-7-2-1-3-8-18)23-25(21)12-6-11-24-13-15-27-16-14-24;5-3(6)1-2-4(7)8/h1-5,7-10H,6,11-17H2;1-2H,(H,5,6)(H,7,8)/b;2-1+. The van der Waals surface area contributed by atoms with Gasteiger partial charge in [0.05, 0.1) is 25.3 Å². The molecule has 0 atom stereocenters. The fraction of sp³-hybridized carbons (Fsp3) is 0.308. The third-order valence-corrected chi connectivity index (χ3v) is 5.49. The fourth-order valence-corrected chi connectivity index (χ4v) is 3.79. The molecule has 0 spiro atoms. The highest BCUT2D eigenvalue weighted by molar-refractivity contribution is 6.15. The number of morpholine rings is 1. The summed E-state index contributed by atoms with van der Waals surface area (Å²) >= 11 is 0. The molecule has 184 valence electrons. The second-order valence-corrected chi connectivity index (χ2v) is 7.98. The van der Waals surface area contributed by atoms with Crippen molar-refractivity contribution in [2.24, 2.45) is 5.10 Å². The summed E-state index contributed by atoms with van der Waals surface area (Å²) in [4.78, 5) is 34.3. The lowest BCUT2D eigenvalue weighted by Gasteiger charge is -2.27. The number of aliphatic carboxylic acids is 2. The molecule has 2 aliphatic heterocycles. The number of hydrazone groups is 1. The van der Waals surface area contributed by atoms with Crippen molar-refractivity contribution in [3.63, 3.8) is 0 Å². The first-order valence-corrected chi connectivity index (χ1v) is 11.4. The summed E-state index contributed by atoms with van der Waals surface area (Å²) in [5.41, 5.74) is 4.01. The summed E-state index contributed by atoms with van der Waals surface area (Å²) in [6.07, 6.45) is 2.42. The smallest absolute Gasteiger partial charge is 0.328 e. The number of carboxylic acid groups (broad SMARTS) is 2. The van der Waals surface area contributed by atoms with Crippen LogP contribution >= 0.6 is 0 Å². The maximum atomic E-state index is 12.8. The molecule has 0 unspecified atom stereocenters. The molecule has 35 heavy (non-hydrogen) atoms.